The monoisotopic (exact) mass is 351 g/mol. The van der Waals surface area contributed by atoms with Gasteiger partial charge in [0.25, 0.3) is 5.91 Å². The number of carbonyl (C=O) groups excluding carboxylic acids is 2. The highest BCUT2D eigenvalue weighted by Crippen LogP contribution is 2.25. The van der Waals surface area contributed by atoms with E-state index in [2.05, 4.69) is 10.6 Å². The van der Waals surface area contributed by atoms with Gasteiger partial charge in [-0.05, 0) is 38.0 Å². The number of benzene rings is 1. The molecule has 132 valence electrons. The molecule has 0 heterocycles. The second-order valence-electron chi connectivity index (χ2n) is 6.54. The summed E-state index contributed by atoms with van der Waals surface area (Å²) < 4.78 is 0. The molecule has 0 aliphatic heterocycles. The quantitative estimate of drug-likeness (QED) is 0.799. The highest BCUT2D eigenvalue weighted by molar-refractivity contribution is 6.32. The molecular weight excluding hydrogens is 326 g/mol. The Morgan fingerprint density at radius 2 is 1.88 bits per heavy atom. The Kier molecular flexibility index (Phi) is 6.49. The average Bonchev–Trinajstić information content (AvgIpc) is 2.55. The number of rotatable bonds is 5. The molecule has 0 unspecified atom stereocenters. The van der Waals surface area contributed by atoms with Crippen LogP contribution in [0.15, 0.2) is 18.2 Å². The van der Waals surface area contributed by atoms with E-state index in [1.54, 1.807) is 19.1 Å². The van der Waals surface area contributed by atoms with Gasteiger partial charge < -0.3 is 15.5 Å². The van der Waals surface area contributed by atoms with Gasteiger partial charge in [-0.15, -0.1) is 11.6 Å². The third-order valence-corrected chi connectivity index (χ3v) is 4.49. The molecule has 0 saturated heterocycles. The van der Waals surface area contributed by atoms with Crippen molar-refractivity contribution in [2.75, 3.05) is 24.3 Å². The highest BCUT2D eigenvalue weighted by atomic mass is 35.5. The number of hydrogen-bond acceptors (Lipinski definition) is 3. The molecule has 0 spiro atoms. The van der Waals surface area contributed by atoms with Crippen molar-refractivity contribution in [3.8, 4) is 0 Å². The molecule has 1 saturated carbocycles. The van der Waals surface area contributed by atoms with E-state index < -0.39 is 5.38 Å². The Morgan fingerprint density at radius 1 is 1.21 bits per heavy atom. The number of halogens is 1. The summed E-state index contributed by atoms with van der Waals surface area (Å²) in [6.07, 6.45) is 5.63. The van der Waals surface area contributed by atoms with Crippen molar-refractivity contribution in [3.63, 3.8) is 0 Å². The smallest absolute Gasteiger partial charge is 0.253 e. The van der Waals surface area contributed by atoms with Crippen LogP contribution in [0.5, 0.6) is 0 Å². The maximum Gasteiger partial charge on any atom is 0.253 e. The lowest BCUT2D eigenvalue weighted by molar-refractivity contribution is -0.115. The standard InChI is InChI=1S/C18H26ClN3O2/c1-12(19)17(23)21-14-9-10-16(22(2)3)15(11-14)18(24)20-13-7-5-4-6-8-13/h9-13H,4-8H2,1-3H3,(H,20,24)(H,21,23)/t12-/m0/s1. The fourth-order valence-electron chi connectivity index (χ4n) is 2.94. The first kappa shape index (κ1) is 18.6. The fourth-order valence-corrected chi connectivity index (χ4v) is 2.99. The Morgan fingerprint density at radius 3 is 2.46 bits per heavy atom. The van der Waals surface area contributed by atoms with E-state index in [0.29, 0.717) is 11.3 Å². The van der Waals surface area contributed by atoms with Gasteiger partial charge in [-0.3, -0.25) is 9.59 Å². The molecule has 1 aliphatic carbocycles. The van der Waals surface area contributed by atoms with Crippen LogP contribution in [0.25, 0.3) is 0 Å². The number of alkyl halides is 1. The highest BCUT2D eigenvalue weighted by Gasteiger charge is 2.20. The molecule has 1 fully saturated rings. The molecule has 0 aromatic heterocycles. The van der Waals surface area contributed by atoms with Crippen LogP contribution >= 0.6 is 11.6 Å². The normalized spacial score (nSPS) is 16.3. The topological polar surface area (TPSA) is 61.4 Å². The molecule has 0 bridgehead atoms. The van der Waals surface area contributed by atoms with Crippen molar-refractivity contribution >= 4 is 34.8 Å². The molecule has 24 heavy (non-hydrogen) atoms. The summed E-state index contributed by atoms with van der Waals surface area (Å²) in [6, 6.07) is 5.57. The maximum atomic E-state index is 12.7. The maximum absolute atomic E-state index is 12.7. The number of anilines is 2. The van der Waals surface area contributed by atoms with Gasteiger partial charge >= 0.3 is 0 Å². The Hall–Kier alpha value is -1.75. The van der Waals surface area contributed by atoms with Crippen LogP contribution in [0.3, 0.4) is 0 Å². The summed E-state index contributed by atoms with van der Waals surface area (Å²) in [5.41, 5.74) is 1.96. The summed E-state index contributed by atoms with van der Waals surface area (Å²) in [5.74, 6) is -0.381. The zero-order chi connectivity index (χ0) is 17.7. The number of amides is 2. The van der Waals surface area contributed by atoms with Crippen LogP contribution in [0, 0.1) is 0 Å². The minimum absolute atomic E-state index is 0.0966. The van der Waals surface area contributed by atoms with Crippen LogP contribution in [0.4, 0.5) is 11.4 Å². The van der Waals surface area contributed by atoms with E-state index in [-0.39, 0.29) is 17.9 Å². The molecule has 0 radical (unpaired) electrons. The zero-order valence-corrected chi connectivity index (χ0v) is 15.3. The van der Waals surface area contributed by atoms with Crippen molar-refractivity contribution in [3.05, 3.63) is 23.8 Å². The predicted molar refractivity (Wildman–Crippen MR) is 99.1 cm³/mol. The lowest BCUT2D eigenvalue weighted by Crippen LogP contribution is -2.36. The largest absolute Gasteiger partial charge is 0.377 e. The lowest BCUT2D eigenvalue weighted by atomic mass is 9.95. The summed E-state index contributed by atoms with van der Waals surface area (Å²) in [5, 5.41) is 5.24. The molecule has 1 aliphatic rings. The molecule has 1 atom stereocenters. The number of hydrogen-bond donors (Lipinski definition) is 2. The molecule has 1 aromatic rings. The number of nitrogens with one attached hydrogen (secondary N) is 2. The summed E-state index contributed by atoms with van der Waals surface area (Å²) >= 11 is 5.79. The van der Waals surface area contributed by atoms with E-state index in [1.807, 2.05) is 25.1 Å². The van der Waals surface area contributed by atoms with E-state index in [0.717, 1.165) is 31.4 Å². The van der Waals surface area contributed by atoms with Gasteiger partial charge in [-0.25, -0.2) is 0 Å². The SMILES string of the molecule is C[C@H](Cl)C(=O)Nc1ccc(N(C)C)c(C(=O)NC2CCCCC2)c1. The Bertz CT molecular complexity index is 596. The second kappa shape index (κ2) is 8.38. The number of nitrogens with zero attached hydrogens (tertiary/aromatic N) is 1. The minimum atomic E-state index is -0.627. The third-order valence-electron chi connectivity index (χ3n) is 4.29. The second-order valence-corrected chi connectivity index (χ2v) is 7.19. The van der Waals surface area contributed by atoms with Crippen molar-refractivity contribution in [2.45, 2.75) is 50.4 Å². The van der Waals surface area contributed by atoms with Crippen LogP contribution in [-0.4, -0.2) is 37.3 Å². The Labute approximate surface area is 148 Å². The molecule has 5 nitrogen and oxygen atoms in total. The van der Waals surface area contributed by atoms with Crippen molar-refractivity contribution in [1.82, 2.24) is 5.32 Å². The molecule has 6 heteroatoms. The van der Waals surface area contributed by atoms with Crippen molar-refractivity contribution < 1.29 is 9.59 Å². The minimum Gasteiger partial charge on any atom is -0.377 e. The van der Waals surface area contributed by atoms with Crippen molar-refractivity contribution in [1.29, 1.82) is 0 Å². The van der Waals surface area contributed by atoms with Gasteiger partial charge in [-0.1, -0.05) is 19.3 Å². The summed E-state index contributed by atoms with van der Waals surface area (Å²) in [7, 11) is 3.79. The molecule has 2 N–H and O–H groups in total. The Balaban J connectivity index is 2.20. The fraction of sp³-hybridized carbons (Fsp3) is 0.556. The van der Waals surface area contributed by atoms with E-state index in [4.69, 9.17) is 11.6 Å². The lowest BCUT2D eigenvalue weighted by Gasteiger charge is -2.24. The third kappa shape index (κ3) is 4.87. The first-order valence-electron chi connectivity index (χ1n) is 8.45. The van der Waals surface area contributed by atoms with E-state index in [9.17, 15) is 9.59 Å². The average molecular weight is 352 g/mol. The van der Waals surface area contributed by atoms with Gasteiger partial charge in [0.2, 0.25) is 5.91 Å². The molecule has 1 aromatic carbocycles. The van der Waals surface area contributed by atoms with Gasteiger partial charge in [0.1, 0.15) is 5.38 Å². The summed E-state index contributed by atoms with van der Waals surface area (Å²) in [4.78, 5) is 26.4. The van der Waals surface area contributed by atoms with Gasteiger partial charge in [0.05, 0.1) is 5.56 Å². The van der Waals surface area contributed by atoms with Crippen LogP contribution < -0.4 is 15.5 Å². The zero-order valence-electron chi connectivity index (χ0n) is 14.6. The summed E-state index contributed by atoms with van der Waals surface area (Å²) in [6.45, 7) is 1.61. The van der Waals surface area contributed by atoms with Crippen LogP contribution in [0.2, 0.25) is 0 Å². The van der Waals surface area contributed by atoms with Crippen LogP contribution in [0.1, 0.15) is 49.4 Å². The first-order valence-corrected chi connectivity index (χ1v) is 8.89. The van der Waals surface area contributed by atoms with Crippen molar-refractivity contribution in [2.24, 2.45) is 0 Å². The van der Waals surface area contributed by atoms with Gasteiger partial charge in [0, 0.05) is 31.5 Å². The molecule has 2 amide bonds. The van der Waals surface area contributed by atoms with E-state index >= 15 is 0 Å². The molecular formula is C18H26ClN3O2. The number of carbonyl (C=O) groups is 2. The van der Waals surface area contributed by atoms with E-state index in [1.165, 1.54) is 6.42 Å². The van der Waals surface area contributed by atoms with Gasteiger partial charge in [0.15, 0.2) is 0 Å². The predicted octanol–water partition coefficient (Wildman–Crippen LogP) is 3.38. The van der Waals surface area contributed by atoms with Gasteiger partial charge in [-0.2, -0.15) is 0 Å². The first-order chi connectivity index (χ1) is 11.4. The van der Waals surface area contributed by atoms with Crippen LogP contribution in [-0.2, 0) is 4.79 Å². The molecule has 2 rings (SSSR count).